The second kappa shape index (κ2) is 8.08. The van der Waals surface area contributed by atoms with E-state index in [-0.39, 0.29) is 0 Å². The molecule has 0 atom stereocenters. The third-order valence-corrected chi connectivity index (χ3v) is 4.01. The number of thioether (sulfide) groups is 1. The van der Waals surface area contributed by atoms with Crippen LogP contribution in [0.25, 0.3) is 0 Å². The molecule has 1 aromatic carbocycles. The van der Waals surface area contributed by atoms with Gasteiger partial charge in [0.25, 0.3) is 0 Å². The largest absolute Gasteiger partial charge is 0.313 e. The molecular weight excluding hydrogens is 264 g/mol. The second-order valence-corrected chi connectivity index (χ2v) is 5.93. The monoisotopic (exact) mass is 286 g/mol. The molecule has 20 heavy (non-hydrogen) atoms. The van der Waals surface area contributed by atoms with Crippen molar-refractivity contribution in [3.63, 3.8) is 0 Å². The molecule has 2 aromatic rings. The highest BCUT2D eigenvalue weighted by atomic mass is 32.2. The van der Waals surface area contributed by atoms with Crippen molar-refractivity contribution in [1.82, 2.24) is 10.3 Å². The van der Waals surface area contributed by atoms with Crippen LogP contribution in [-0.2, 0) is 12.3 Å². The highest BCUT2D eigenvalue weighted by Gasteiger charge is 2.00. The molecule has 106 valence electrons. The molecule has 1 heterocycles. The minimum absolute atomic E-state index is 0.924. The summed E-state index contributed by atoms with van der Waals surface area (Å²) in [4.78, 5) is 5.85. The molecule has 0 saturated heterocycles. The van der Waals surface area contributed by atoms with Gasteiger partial charge in [0, 0.05) is 22.9 Å². The summed E-state index contributed by atoms with van der Waals surface area (Å²) in [6.45, 7) is 6.25. The van der Waals surface area contributed by atoms with Crippen LogP contribution in [0.4, 0.5) is 0 Å². The van der Waals surface area contributed by atoms with Crippen LogP contribution >= 0.6 is 11.8 Å². The number of hydrogen-bond donors (Lipinski definition) is 1. The number of benzene rings is 1. The first-order chi connectivity index (χ1) is 9.78. The lowest BCUT2D eigenvalue weighted by Crippen LogP contribution is -2.13. The normalized spacial score (nSPS) is 10.7. The van der Waals surface area contributed by atoms with Gasteiger partial charge in [-0.1, -0.05) is 25.1 Å². The molecule has 0 fully saturated rings. The Hall–Kier alpha value is -1.32. The molecular formula is C17H22N2S. The molecule has 0 unspecified atom stereocenters. The van der Waals surface area contributed by atoms with Gasteiger partial charge < -0.3 is 5.32 Å². The maximum absolute atomic E-state index is 4.54. The van der Waals surface area contributed by atoms with Crippen LogP contribution in [-0.4, -0.2) is 11.5 Å². The third-order valence-electron chi connectivity index (χ3n) is 2.99. The molecule has 0 radical (unpaired) electrons. The van der Waals surface area contributed by atoms with E-state index in [1.165, 1.54) is 16.9 Å². The van der Waals surface area contributed by atoms with Gasteiger partial charge >= 0.3 is 0 Å². The van der Waals surface area contributed by atoms with Crippen molar-refractivity contribution < 1.29 is 0 Å². The summed E-state index contributed by atoms with van der Waals surface area (Å²) in [5.74, 6) is 0.924. The van der Waals surface area contributed by atoms with Crippen molar-refractivity contribution in [3.05, 3.63) is 59.4 Å². The molecule has 3 heteroatoms. The SMILES string of the molecule is CCCNCc1cccc(SCc2cccc(C)n2)c1. The van der Waals surface area contributed by atoms with Gasteiger partial charge in [0.1, 0.15) is 0 Å². The summed E-state index contributed by atoms with van der Waals surface area (Å²) in [5.41, 5.74) is 3.57. The highest BCUT2D eigenvalue weighted by Crippen LogP contribution is 2.23. The van der Waals surface area contributed by atoms with Gasteiger partial charge in [-0.3, -0.25) is 4.98 Å². The fraction of sp³-hybridized carbons (Fsp3) is 0.353. The second-order valence-electron chi connectivity index (χ2n) is 4.88. The third kappa shape index (κ3) is 4.99. The summed E-state index contributed by atoms with van der Waals surface area (Å²) in [6, 6.07) is 14.9. The van der Waals surface area contributed by atoms with E-state index >= 15 is 0 Å². The van der Waals surface area contributed by atoms with E-state index in [9.17, 15) is 0 Å². The zero-order chi connectivity index (χ0) is 14.2. The van der Waals surface area contributed by atoms with E-state index in [2.05, 4.69) is 53.6 Å². The molecule has 0 saturated carbocycles. The van der Waals surface area contributed by atoms with Crippen molar-refractivity contribution in [1.29, 1.82) is 0 Å². The maximum Gasteiger partial charge on any atom is 0.0509 e. The summed E-state index contributed by atoms with van der Waals surface area (Å²) >= 11 is 1.85. The first kappa shape index (κ1) is 15.1. The van der Waals surface area contributed by atoms with Crippen molar-refractivity contribution in [2.45, 2.75) is 37.5 Å². The van der Waals surface area contributed by atoms with E-state index in [0.717, 1.165) is 30.2 Å². The number of hydrogen-bond acceptors (Lipinski definition) is 3. The maximum atomic E-state index is 4.54. The summed E-state index contributed by atoms with van der Waals surface area (Å²) in [6.07, 6.45) is 1.17. The van der Waals surface area contributed by atoms with Crippen LogP contribution < -0.4 is 5.32 Å². The smallest absolute Gasteiger partial charge is 0.0509 e. The zero-order valence-corrected chi connectivity index (χ0v) is 13.0. The summed E-state index contributed by atoms with van der Waals surface area (Å²) in [5, 5.41) is 3.44. The average Bonchev–Trinajstić information content (AvgIpc) is 2.46. The quantitative estimate of drug-likeness (QED) is 0.610. The van der Waals surface area contributed by atoms with E-state index in [4.69, 9.17) is 0 Å². The standard InChI is InChI=1S/C17H22N2S/c1-3-10-18-12-15-7-5-9-17(11-15)20-13-16-8-4-6-14(2)19-16/h4-9,11,18H,3,10,12-13H2,1-2H3. The molecule has 0 spiro atoms. The fourth-order valence-electron chi connectivity index (χ4n) is 1.99. The number of nitrogens with one attached hydrogen (secondary N) is 1. The number of aromatic nitrogens is 1. The molecule has 0 aliphatic carbocycles. The van der Waals surface area contributed by atoms with E-state index < -0.39 is 0 Å². The van der Waals surface area contributed by atoms with Crippen molar-refractivity contribution in [3.8, 4) is 0 Å². The lowest BCUT2D eigenvalue weighted by atomic mass is 10.2. The molecule has 0 aliphatic heterocycles. The topological polar surface area (TPSA) is 24.9 Å². The predicted molar refractivity (Wildman–Crippen MR) is 87.0 cm³/mol. The first-order valence-corrected chi connectivity index (χ1v) is 8.11. The molecule has 2 rings (SSSR count). The van der Waals surface area contributed by atoms with Gasteiger partial charge in [0.15, 0.2) is 0 Å². The number of nitrogens with zero attached hydrogens (tertiary/aromatic N) is 1. The lowest BCUT2D eigenvalue weighted by molar-refractivity contribution is 0.674. The van der Waals surface area contributed by atoms with Crippen molar-refractivity contribution >= 4 is 11.8 Å². The van der Waals surface area contributed by atoms with Gasteiger partial charge in [-0.15, -0.1) is 11.8 Å². The van der Waals surface area contributed by atoms with E-state index in [1.807, 2.05) is 24.8 Å². The number of aryl methyl sites for hydroxylation is 1. The van der Waals surface area contributed by atoms with Crippen LogP contribution in [0.1, 0.15) is 30.3 Å². The highest BCUT2D eigenvalue weighted by molar-refractivity contribution is 7.98. The summed E-state index contributed by atoms with van der Waals surface area (Å²) < 4.78 is 0. The average molecular weight is 286 g/mol. The van der Waals surface area contributed by atoms with Crippen molar-refractivity contribution in [2.75, 3.05) is 6.54 Å². The summed E-state index contributed by atoms with van der Waals surface area (Å²) in [7, 11) is 0. The fourth-order valence-corrected chi connectivity index (χ4v) is 2.88. The molecule has 1 N–H and O–H groups in total. The van der Waals surface area contributed by atoms with E-state index in [1.54, 1.807) is 0 Å². The Bertz CT molecular complexity index is 540. The number of rotatable bonds is 7. The van der Waals surface area contributed by atoms with E-state index in [0.29, 0.717) is 0 Å². The molecule has 0 bridgehead atoms. The minimum Gasteiger partial charge on any atom is -0.313 e. The Balaban J connectivity index is 1.91. The zero-order valence-electron chi connectivity index (χ0n) is 12.2. The van der Waals surface area contributed by atoms with Gasteiger partial charge in [-0.25, -0.2) is 0 Å². The Morgan fingerprint density at radius 1 is 1.15 bits per heavy atom. The van der Waals surface area contributed by atoms with Crippen LogP contribution in [0, 0.1) is 6.92 Å². The van der Waals surface area contributed by atoms with Crippen molar-refractivity contribution in [2.24, 2.45) is 0 Å². The lowest BCUT2D eigenvalue weighted by Gasteiger charge is -2.06. The van der Waals surface area contributed by atoms with Gasteiger partial charge in [0.2, 0.25) is 0 Å². The first-order valence-electron chi connectivity index (χ1n) is 7.13. The molecule has 0 amide bonds. The van der Waals surface area contributed by atoms with Gasteiger partial charge in [-0.05, 0) is 49.7 Å². The Morgan fingerprint density at radius 3 is 2.80 bits per heavy atom. The molecule has 1 aromatic heterocycles. The van der Waals surface area contributed by atoms with Crippen LogP contribution in [0.3, 0.4) is 0 Å². The minimum atomic E-state index is 0.924. The Labute approximate surface area is 126 Å². The number of pyridine rings is 1. The predicted octanol–water partition coefficient (Wildman–Crippen LogP) is 4.18. The molecule has 0 aliphatic rings. The Kier molecular flexibility index (Phi) is 6.09. The van der Waals surface area contributed by atoms with Gasteiger partial charge in [0.05, 0.1) is 5.69 Å². The van der Waals surface area contributed by atoms with Crippen LogP contribution in [0.15, 0.2) is 47.4 Å². The van der Waals surface area contributed by atoms with Gasteiger partial charge in [-0.2, -0.15) is 0 Å². The Morgan fingerprint density at radius 2 is 2.00 bits per heavy atom. The van der Waals surface area contributed by atoms with Crippen LogP contribution in [0.2, 0.25) is 0 Å². The van der Waals surface area contributed by atoms with Crippen LogP contribution in [0.5, 0.6) is 0 Å². The molecule has 2 nitrogen and oxygen atoms in total.